The Labute approximate surface area is 133 Å². The second-order valence-corrected chi connectivity index (χ2v) is 6.66. The zero-order chi connectivity index (χ0) is 15.5. The van der Waals surface area contributed by atoms with E-state index in [1.165, 1.54) is 5.56 Å². The Morgan fingerprint density at radius 1 is 1.24 bits per heavy atom. The van der Waals surface area contributed by atoms with E-state index in [0.29, 0.717) is 11.3 Å². The minimum Gasteiger partial charge on any atom is -0.494 e. The van der Waals surface area contributed by atoms with E-state index in [-0.39, 0.29) is 6.61 Å². The van der Waals surface area contributed by atoms with Gasteiger partial charge in [-0.15, -0.1) is 0 Å². The summed E-state index contributed by atoms with van der Waals surface area (Å²) in [5, 5.41) is 13.0. The maximum absolute atomic E-state index is 8.98. The third-order valence-electron chi connectivity index (χ3n) is 3.29. The van der Waals surface area contributed by atoms with E-state index in [0.717, 1.165) is 37.5 Å². The van der Waals surface area contributed by atoms with E-state index in [1.807, 2.05) is 11.8 Å². The number of aliphatic hydroxyl groups is 1. The maximum atomic E-state index is 8.98. The van der Waals surface area contributed by atoms with Crippen LogP contribution < -0.4 is 10.1 Å². The summed E-state index contributed by atoms with van der Waals surface area (Å²) in [5.41, 5.74) is 1.30. The molecule has 1 rings (SSSR count). The van der Waals surface area contributed by atoms with Crippen LogP contribution in [0.2, 0.25) is 0 Å². The summed E-state index contributed by atoms with van der Waals surface area (Å²) in [4.78, 5) is 0. The molecule has 4 heteroatoms. The normalized spacial score (nSPS) is 13.9. The van der Waals surface area contributed by atoms with Crippen LogP contribution in [-0.2, 0) is 0 Å². The number of aliphatic hydroxyl groups excluding tert-OH is 1. The van der Waals surface area contributed by atoms with Crippen LogP contribution >= 0.6 is 11.8 Å². The predicted molar refractivity (Wildman–Crippen MR) is 92.3 cm³/mol. The summed E-state index contributed by atoms with van der Waals surface area (Å²) < 4.78 is 5.63. The fourth-order valence-corrected chi connectivity index (χ4v) is 3.16. The number of nitrogens with one attached hydrogen (secondary N) is 1. The minimum absolute atomic E-state index is 0.267. The van der Waals surface area contributed by atoms with Crippen LogP contribution in [0.25, 0.3) is 0 Å². The van der Waals surface area contributed by atoms with Crippen molar-refractivity contribution in [1.82, 2.24) is 5.32 Å². The van der Waals surface area contributed by atoms with Gasteiger partial charge in [0.15, 0.2) is 0 Å². The zero-order valence-corrected chi connectivity index (χ0v) is 14.3. The van der Waals surface area contributed by atoms with E-state index in [4.69, 9.17) is 9.84 Å². The van der Waals surface area contributed by atoms with Crippen LogP contribution in [0.4, 0.5) is 0 Å². The summed E-state index contributed by atoms with van der Waals surface area (Å²) in [7, 11) is 0. The molecule has 0 aliphatic rings. The Balaban J connectivity index is 2.58. The third-order valence-corrected chi connectivity index (χ3v) is 4.62. The average Bonchev–Trinajstić information content (AvgIpc) is 2.50. The van der Waals surface area contributed by atoms with E-state index in [1.54, 1.807) is 0 Å². The first-order valence-electron chi connectivity index (χ1n) is 7.89. The van der Waals surface area contributed by atoms with Crippen molar-refractivity contribution in [3.63, 3.8) is 0 Å². The maximum Gasteiger partial charge on any atom is 0.119 e. The second kappa shape index (κ2) is 10.9. The molecule has 0 bridgehead atoms. The molecule has 2 unspecified atom stereocenters. The molecule has 0 spiro atoms. The van der Waals surface area contributed by atoms with Gasteiger partial charge in [0, 0.05) is 23.7 Å². The van der Waals surface area contributed by atoms with Crippen molar-refractivity contribution in [2.45, 2.75) is 44.9 Å². The Hall–Kier alpha value is -0.710. The molecular weight excluding hydrogens is 282 g/mol. The summed E-state index contributed by atoms with van der Waals surface area (Å²) in [6, 6.07) is 8.75. The Morgan fingerprint density at radius 3 is 2.52 bits per heavy atom. The standard InChI is InChI=1S/C17H29NO2S/c1-4-12-20-16-8-6-15(7-9-16)17(18-5-2)13-21-14(3)10-11-19/h6-9,14,17-19H,4-5,10-13H2,1-3H3. The van der Waals surface area contributed by atoms with Crippen molar-refractivity contribution in [1.29, 1.82) is 0 Å². The molecule has 0 heterocycles. The van der Waals surface area contributed by atoms with Crippen molar-refractivity contribution >= 4 is 11.8 Å². The SMILES string of the molecule is CCCOc1ccc(C(CSC(C)CCO)NCC)cc1. The van der Waals surface area contributed by atoms with Crippen molar-refractivity contribution in [2.24, 2.45) is 0 Å². The first-order chi connectivity index (χ1) is 10.2. The van der Waals surface area contributed by atoms with Crippen molar-refractivity contribution < 1.29 is 9.84 Å². The van der Waals surface area contributed by atoms with Crippen molar-refractivity contribution in [3.8, 4) is 5.75 Å². The van der Waals surface area contributed by atoms with Gasteiger partial charge in [-0.2, -0.15) is 11.8 Å². The van der Waals surface area contributed by atoms with Gasteiger partial charge < -0.3 is 15.2 Å². The van der Waals surface area contributed by atoms with E-state index in [9.17, 15) is 0 Å². The summed E-state index contributed by atoms with van der Waals surface area (Å²) >= 11 is 1.91. The Kier molecular flexibility index (Phi) is 9.55. The lowest BCUT2D eigenvalue weighted by Gasteiger charge is -2.20. The predicted octanol–water partition coefficient (Wildman–Crippen LogP) is 3.63. The van der Waals surface area contributed by atoms with E-state index in [2.05, 4.69) is 50.4 Å². The quantitative estimate of drug-likeness (QED) is 0.655. The number of rotatable bonds is 11. The van der Waals surface area contributed by atoms with Gasteiger partial charge in [0.1, 0.15) is 5.75 Å². The molecule has 0 fully saturated rings. The molecule has 3 nitrogen and oxygen atoms in total. The largest absolute Gasteiger partial charge is 0.494 e. The number of hydrogen-bond donors (Lipinski definition) is 2. The molecular formula is C17H29NO2S. The molecule has 1 aromatic carbocycles. The number of benzene rings is 1. The smallest absolute Gasteiger partial charge is 0.119 e. The molecule has 0 saturated carbocycles. The molecule has 0 saturated heterocycles. The van der Waals surface area contributed by atoms with Crippen LogP contribution in [0.3, 0.4) is 0 Å². The van der Waals surface area contributed by atoms with Crippen LogP contribution in [0, 0.1) is 0 Å². The van der Waals surface area contributed by atoms with Gasteiger partial charge in [-0.25, -0.2) is 0 Å². The van der Waals surface area contributed by atoms with E-state index < -0.39 is 0 Å². The molecule has 0 aliphatic heterocycles. The highest BCUT2D eigenvalue weighted by Crippen LogP contribution is 2.24. The van der Waals surface area contributed by atoms with Gasteiger partial charge in [-0.1, -0.05) is 32.9 Å². The molecule has 21 heavy (non-hydrogen) atoms. The third kappa shape index (κ3) is 7.21. The molecule has 0 aromatic heterocycles. The first kappa shape index (κ1) is 18.3. The molecule has 0 aliphatic carbocycles. The summed E-state index contributed by atoms with van der Waals surface area (Å²) in [5.74, 6) is 1.96. The van der Waals surface area contributed by atoms with Gasteiger partial charge in [0.25, 0.3) is 0 Å². The first-order valence-corrected chi connectivity index (χ1v) is 8.94. The molecule has 2 N–H and O–H groups in total. The van der Waals surface area contributed by atoms with Crippen LogP contribution in [-0.4, -0.2) is 35.9 Å². The summed E-state index contributed by atoms with van der Waals surface area (Å²) in [6.07, 6.45) is 1.88. The van der Waals surface area contributed by atoms with Crippen LogP contribution in [0.15, 0.2) is 24.3 Å². The van der Waals surface area contributed by atoms with Gasteiger partial charge in [-0.05, 0) is 37.1 Å². The topological polar surface area (TPSA) is 41.5 Å². The fraction of sp³-hybridized carbons (Fsp3) is 0.647. The van der Waals surface area contributed by atoms with Gasteiger partial charge in [0.05, 0.1) is 6.61 Å². The van der Waals surface area contributed by atoms with E-state index >= 15 is 0 Å². The Bertz CT molecular complexity index is 370. The molecule has 2 atom stereocenters. The van der Waals surface area contributed by atoms with Crippen LogP contribution in [0.1, 0.15) is 45.2 Å². The molecule has 0 amide bonds. The summed E-state index contributed by atoms with van der Waals surface area (Å²) in [6.45, 7) is 8.40. The fourth-order valence-electron chi connectivity index (χ4n) is 2.06. The highest BCUT2D eigenvalue weighted by molar-refractivity contribution is 7.99. The minimum atomic E-state index is 0.267. The number of hydrogen-bond acceptors (Lipinski definition) is 4. The lowest BCUT2D eigenvalue weighted by molar-refractivity contribution is 0.289. The second-order valence-electron chi connectivity index (χ2n) is 5.18. The van der Waals surface area contributed by atoms with Crippen LogP contribution in [0.5, 0.6) is 5.75 Å². The lowest BCUT2D eigenvalue weighted by Crippen LogP contribution is -2.23. The van der Waals surface area contributed by atoms with Crippen molar-refractivity contribution in [3.05, 3.63) is 29.8 Å². The monoisotopic (exact) mass is 311 g/mol. The molecule has 120 valence electrons. The number of ether oxygens (including phenoxy) is 1. The van der Waals surface area contributed by atoms with Crippen molar-refractivity contribution in [2.75, 3.05) is 25.5 Å². The molecule has 1 aromatic rings. The number of thioether (sulfide) groups is 1. The molecule has 0 radical (unpaired) electrons. The van der Waals surface area contributed by atoms with Gasteiger partial charge in [-0.3, -0.25) is 0 Å². The van der Waals surface area contributed by atoms with Gasteiger partial charge >= 0.3 is 0 Å². The highest BCUT2D eigenvalue weighted by Gasteiger charge is 2.12. The Morgan fingerprint density at radius 2 is 1.95 bits per heavy atom. The average molecular weight is 311 g/mol. The van der Waals surface area contributed by atoms with Gasteiger partial charge in [0.2, 0.25) is 0 Å². The lowest BCUT2D eigenvalue weighted by atomic mass is 10.1. The zero-order valence-electron chi connectivity index (χ0n) is 13.5. The highest BCUT2D eigenvalue weighted by atomic mass is 32.2.